The van der Waals surface area contributed by atoms with Crippen LogP contribution in [0.3, 0.4) is 0 Å². The third-order valence-electron chi connectivity index (χ3n) is 2.06. The van der Waals surface area contributed by atoms with Gasteiger partial charge in [0.15, 0.2) is 5.82 Å². The predicted octanol–water partition coefficient (Wildman–Crippen LogP) is 0.417. The molecule has 0 bridgehead atoms. The molecule has 1 atom stereocenters. The van der Waals surface area contributed by atoms with Crippen LogP contribution in [0.5, 0.6) is 0 Å². The van der Waals surface area contributed by atoms with Gasteiger partial charge in [-0.3, -0.25) is 4.79 Å². The Kier molecular flexibility index (Phi) is 4.42. The SMILES string of the molecule is CC(C)OCC(=O)NC(C)c1nncn1C. The number of rotatable bonds is 5. The molecule has 1 N–H and O–H groups in total. The molecule has 0 radical (unpaired) electrons. The summed E-state index contributed by atoms with van der Waals surface area (Å²) >= 11 is 0. The lowest BCUT2D eigenvalue weighted by Gasteiger charge is -2.13. The highest BCUT2D eigenvalue weighted by atomic mass is 16.5. The standard InChI is InChI=1S/C10H18N4O2/c1-7(2)16-5-9(15)12-8(3)10-13-11-6-14(10)4/h6-8H,5H2,1-4H3,(H,12,15). The van der Waals surface area contributed by atoms with Gasteiger partial charge in [-0.15, -0.1) is 10.2 Å². The quantitative estimate of drug-likeness (QED) is 0.790. The molecule has 0 saturated carbocycles. The van der Waals surface area contributed by atoms with Crippen LogP contribution in [-0.4, -0.2) is 33.4 Å². The van der Waals surface area contributed by atoms with Crippen LogP contribution < -0.4 is 5.32 Å². The fourth-order valence-electron chi connectivity index (χ4n) is 1.27. The molecule has 6 nitrogen and oxygen atoms in total. The summed E-state index contributed by atoms with van der Waals surface area (Å²) in [5.41, 5.74) is 0. The maximum Gasteiger partial charge on any atom is 0.246 e. The third kappa shape index (κ3) is 3.62. The van der Waals surface area contributed by atoms with Gasteiger partial charge in [0.05, 0.1) is 12.1 Å². The molecule has 1 heterocycles. The lowest BCUT2D eigenvalue weighted by atomic mass is 10.3. The molecule has 6 heteroatoms. The van der Waals surface area contributed by atoms with Gasteiger partial charge in [-0.05, 0) is 20.8 Å². The molecule has 0 fully saturated rings. The van der Waals surface area contributed by atoms with Crippen LogP contribution in [0, 0.1) is 0 Å². The van der Waals surface area contributed by atoms with E-state index in [1.165, 1.54) is 0 Å². The molecule has 1 aromatic heterocycles. The average Bonchev–Trinajstić information content (AvgIpc) is 2.61. The van der Waals surface area contributed by atoms with E-state index in [4.69, 9.17) is 4.74 Å². The Morgan fingerprint density at radius 1 is 1.56 bits per heavy atom. The predicted molar refractivity (Wildman–Crippen MR) is 58.6 cm³/mol. The van der Waals surface area contributed by atoms with E-state index in [1.807, 2.05) is 27.8 Å². The number of hydrogen-bond donors (Lipinski definition) is 1. The van der Waals surface area contributed by atoms with Gasteiger partial charge < -0.3 is 14.6 Å². The van der Waals surface area contributed by atoms with E-state index < -0.39 is 0 Å². The minimum absolute atomic E-state index is 0.0517. The Morgan fingerprint density at radius 2 is 2.25 bits per heavy atom. The summed E-state index contributed by atoms with van der Waals surface area (Å²) in [4.78, 5) is 11.5. The first-order valence-electron chi connectivity index (χ1n) is 5.25. The number of nitrogens with one attached hydrogen (secondary N) is 1. The summed E-state index contributed by atoms with van der Waals surface area (Å²) < 4.78 is 6.97. The summed E-state index contributed by atoms with van der Waals surface area (Å²) in [5.74, 6) is 0.571. The van der Waals surface area contributed by atoms with Gasteiger partial charge in [-0.25, -0.2) is 0 Å². The number of nitrogens with zero attached hydrogens (tertiary/aromatic N) is 3. The molecule has 1 rings (SSSR count). The van der Waals surface area contributed by atoms with Gasteiger partial charge in [0, 0.05) is 7.05 Å². The van der Waals surface area contributed by atoms with Gasteiger partial charge in [0.1, 0.15) is 12.9 Å². The summed E-state index contributed by atoms with van der Waals surface area (Å²) in [5, 5.41) is 10.5. The minimum Gasteiger partial charge on any atom is -0.369 e. The first-order chi connectivity index (χ1) is 7.50. The highest BCUT2D eigenvalue weighted by Gasteiger charge is 2.14. The number of ether oxygens (including phenoxy) is 1. The monoisotopic (exact) mass is 226 g/mol. The molecule has 0 aliphatic heterocycles. The summed E-state index contributed by atoms with van der Waals surface area (Å²) in [6.07, 6.45) is 1.65. The van der Waals surface area contributed by atoms with Crippen molar-refractivity contribution in [2.45, 2.75) is 32.9 Å². The maximum atomic E-state index is 11.5. The Hall–Kier alpha value is -1.43. The Balaban J connectivity index is 2.43. The number of hydrogen-bond acceptors (Lipinski definition) is 4. The maximum absolute atomic E-state index is 11.5. The van der Waals surface area contributed by atoms with E-state index in [1.54, 1.807) is 10.9 Å². The molecule has 90 valence electrons. The van der Waals surface area contributed by atoms with Crippen molar-refractivity contribution in [1.29, 1.82) is 0 Å². The van der Waals surface area contributed by atoms with Gasteiger partial charge in [0.25, 0.3) is 0 Å². The van der Waals surface area contributed by atoms with Gasteiger partial charge in [-0.2, -0.15) is 0 Å². The normalized spacial score (nSPS) is 12.8. The molecule has 1 amide bonds. The second-order valence-electron chi connectivity index (χ2n) is 3.95. The van der Waals surface area contributed by atoms with E-state index >= 15 is 0 Å². The van der Waals surface area contributed by atoms with Gasteiger partial charge in [0.2, 0.25) is 5.91 Å². The van der Waals surface area contributed by atoms with Crippen LogP contribution in [0.25, 0.3) is 0 Å². The second-order valence-corrected chi connectivity index (χ2v) is 3.95. The third-order valence-corrected chi connectivity index (χ3v) is 2.06. The van der Waals surface area contributed by atoms with Crippen molar-refractivity contribution >= 4 is 5.91 Å². The van der Waals surface area contributed by atoms with E-state index in [0.29, 0.717) is 0 Å². The highest BCUT2D eigenvalue weighted by molar-refractivity contribution is 5.77. The molecule has 0 spiro atoms. The molecular weight excluding hydrogens is 208 g/mol. The first kappa shape index (κ1) is 12.6. The molecule has 0 aliphatic carbocycles. The summed E-state index contributed by atoms with van der Waals surface area (Å²) in [6.45, 7) is 5.70. The van der Waals surface area contributed by atoms with E-state index in [9.17, 15) is 4.79 Å². The molecule has 1 aromatic rings. The molecular formula is C10H18N4O2. The smallest absolute Gasteiger partial charge is 0.246 e. The zero-order valence-corrected chi connectivity index (χ0v) is 10.1. The molecule has 1 unspecified atom stereocenters. The Morgan fingerprint density at radius 3 is 2.75 bits per heavy atom. The van der Waals surface area contributed by atoms with Crippen LogP contribution in [-0.2, 0) is 16.6 Å². The number of aromatic nitrogens is 3. The van der Waals surface area contributed by atoms with Crippen molar-refractivity contribution in [3.8, 4) is 0 Å². The fraction of sp³-hybridized carbons (Fsp3) is 0.700. The first-order valence-corrected chi connectivity index (χ1v) is 5.25. The van der Waals surface area contributed by atoms with Crippen molar-refractivity contribution in [1.82, 2.24) is 20.1 Å². The number of aryl methyl sites for hydroxylation is 1. The molecule has 0 saturated heterocycles. The largest absolute Gasteiger partial charge is 0.369 e. The molecule has 0 aliphatic rings. The lowest BCUT2D eigenvalue weighted by Crippen LogP contribution is -2.32. The van der Waals surface area contributed by atoms with Crippen LogP contribution in [0.4, 0.5) is 0 Å². The van der Waals surface area contributed by atoms with Crippen molar-refractivity contribution < 1.29 is 9.53 Å². The van der Waals surface area contributed by atoms with Gasteiger partial charge >= 0.3 is 0 Å². The van der Waals surface area contributed by atoms with Crippen LogP contribution in [0.1, 0.15) is 32.6 Å². The average molecular weight is 226 g/mol. The van der Waals surface area contributed by atoms with Crippen molar-refractivity contribution in [2.75, 3.05) is 6.61 Å². The summed E-state index contributed by atoms with van der Waals surface area (Å²) in [6, 6.07) is -0.171. The van der Waals surface area contributed by atoms with Crippen molar-refractivity contribution in [2.24, 2.45) is 7.05 Å². The highest BCUT2D eigenvalue weighted by Crippen LogP contribution is 2.06. The second kappa shape index (κ2) is 5.60. The lowest BCUT2D eigenvalue weighted by molar-refractivity contribution is -0.127. The van der Waals surface area contributed by atoms with Crippen molar-refractivity contribution in [3.05, 3.63) is 12.2 Å². The van der Waals surface area contributed by atoms with Crippen molar-refractivity contribution in [3.63, 3.8) is 0 Å². The number of carbonyl (C=O) groups excluding carboxylic acids is 1. The number of amides is 1. The van der Waals surface area contributed by atoms with Crippen LogP contribution >= 0.6 is 0 Å². The molecule has 16 heavy (non-hydrogen) atoms. The molecule has 0 aromatic carbocycles. The summed E-state index contributed by atoms with van der Waals surface area (Å²) in [7, 11) is 1.84. The zero-order chi connectivity index (χ0) is 12.1. The zero-order valence-electron chi connectivity index (χ0n) is 10.1. The van der Waals surface area contributed by atoms with Crippen LogP contribution in [0.2, 0.25) is 0 Å². The van der Waals surface area contributed by atoms with E-state index in [2.05, 4.69) is 15.5 Å². The van der Waals surface area contributed by atoms with Crippen LogP contribution in [0.15, 0.2) is 6.33 Å². The van der Waals surface area contributed by atoms with E-state index in [-0.39, 0.29) is 24.7 Å². The minimum atomic E-state index is -0.171. The topological polar surface area (TPSA) is 69.0 Å². The Bertz CT molecular complexity index is 348. The van der Waals surface area contributed by atoms with E-state index in [0.717, 1.165) is 5.82 Å². The van der Waals surface area contributed by atoms with Gasteiger partial charge in [-0.1, -0.05) is 0 Å². The Labute approximate surface area is 95.0 Å². The number of carbonyl (C=O) groups is 1. The fourth-order valence-corrected chi connectivity index (χ4v) is 1.27.